The van der Waals surface area contributed by atoms with Crippen LogP contribution in [0.1, 0.15) is 282 Å². The molecule has 3 heterocycles. The molecule has 4 aliphatic rings. The highest BCUT2D eigenvalue weighted by Gasteiger charge is 2.55. The zero-order chi connectivity index (χ0) is 44.4. The van der Waals surface area contributed by atoms with Gasteiger partial charge in [-0.05, 0) is 116 Å². The summed E-state index contributed by atoms with van der Waals surface area (Å²) in [5.41, 5.74) is 6.57. The van der Waals surface area contributed by atoms with E-state index in [2.05, 4.69) is 48.5 Å². The van der Waals surface area contributed by atoms with Gasteiger partial charge in [-0.15, -0.1) is 0 Å². The van der Waals surface area contributed by atoms with Crippen molar-refractivity contribution in [1.29, 1.82) is 0 Å². The number of ether oxygens (including phenoxy) is 3. The second kappa shape index (κ2) is 25.5. The SMILES string of the molecule is CCCCCCCCCCCCCCCCC1(C)CCC2=C(O1)C(C)=C(C)C(=O)C21CCc2c3c(c(C)c(C)c2O1)OC(C)(CCCCCCCCCCCCCCCC)CC3. The normalized spacial score (nSPS) is 23.3. The Balaban J connectivity index is 1.09. The maximum atomic E-state index is 14.5. The first-order valence-electron chi connectivity index (χ1n) is 27.2. The summed E-state index contributed by atoms with van der Waals surface area (Å²) in [4.78, 5) is 14.5. The largest absolute Gasteiger partial charge is 0.487 e. The Bertz CT molecular complexity index is 1620. The zero-order valence-corrected chi connectivity index (χ0v) is 42.1. The van der Waals surface area contributed by atoms with Crippen LogP contribution in [-0.2, 0) is 22.4 Å². The van der Waals surface area contributed by atoms with Gasteiger partial charge in [0.1, 0.15) is 28.5 Å². The summed E-state index contributed by atoms with van der Waals surface area (Å²) in [7, 11) is 0. The van der Waals surface area contributed by atoms with E-state index in [9.17, 15) is 4.79 Å². The third kappa shape index (κ3) is 13.7. The molecule has 0 saturated heterocycles. The molecule has 1 aliphatic carbocycles. The first-order chi connectivity index (χ1) is 30.0. The standard InChI is InChI=1S/C58H96O4/c1-9-11-13-15-17-19-21-23-25-27-29-31-33-35-40-56(7)42-37-49-50-38-44-58(62-53(50)46(4)45(3)52(49)60-56)51-39-43-57(8,61-54(51)47(5)48(6)55(58)59)41-36-34-32-30-28-26-24-22-20-18-16-14-12-10-2/h9-44H2,1-8H3. The molecule has 0 fully saturated rings. The summed E-state index contributed by atoms with van der Waals surface area (Å²) in [6.45, 7) is 17.8. The van der Waals surface area contributed by atoms with E-state index in [1.54, 1.807) is 0 Å². The molecule has 0 radical (unpaired) electrons. The van der Waals surface area contributed by atoms with E-state index in [-0.39, 0.29) is 17.0 Å². The summed E-state index contributed by atoms with van der Waals surface area (Å²) in [6.07, 6.45) is 46.3. The van der Waals surface area contributed by atoms with Gasteiger partial charge in [0.15, 0.2) is 5.60 Å². The third-order valence-corrected chi connectivity index (χ3v) is 16.2. The molecule has 0 aromatic heterocycles. The summed E-state index contributed by atoms with van der Waals surface area (Å²) in [6, 6.07) is 0. The minimum atomic E-state index is -0.967. The van der Waals surface area contributed by atoms with Gasteiger partial charge in [-0.3, -0.25) is 4.79 Å². The number of carbonyl (C=O) groups is 1. The fourth-order valence-corrected chi connectivity index (χ4v) is 11.5. The molecule has 1 aromatic carbocycles. The summed E-state index contributed by atoms with van der Waals surface area (Å²) >= 11 is 0. The predicted octanol–water partition coefficient (Wildman–Crippen LogP) is 17.9. The quantitative estimate of drug-likeness (QED) is 0.0723. The third-order valence-electron chi connectivity index (χ3n) is 16.2. The topological polar surface area (TPSA) is 44.8 Å². The van der Waals surface area contributed by atoms with E-state index in [0.29, 0.717) is 6.42 Å². The van der Waals surface area contributed by atoms with Gasteiger partial charge in [0.05, 0.1) is 0 Å². The molecule has 0 amide bonds. The monoisotopic (exact) mass is 857 g/mol. The van der Waals surface area contributed by atoms with Crippen LogP contribution in [-0.4, -0.2) is 22.6 Å². The van der Waals surface area contributed by atoms with Gasteiger partial charge < -0.3 is 14.2 Å². The molecule has 3 unspecified atom stereocenters. The van der Waals surface area contributed by atoms with Crippen molar-refractivity contribution >= 4 is 5.78 Å². The first kappa shape index (κ1) is 50.8. The van der Waals surface area contributed by atoms with E-state index in [0.717, 1.165) is 84.5 Å². The lowest BCUT2D eigenvalue weighted by atomic mass is 9.69. The highest BCUT2D eigenvalue weighted by molar-refractivity contribution is 6.07. The predicted molar refractivity (Wildman–Crippen MR) is 264 cm³/mol. The molecule has 5 rings (SSSR count). The van der Waals surface area contributed by atoms with Crippen LogP contribution in [0.3, 0.4) is 0 Å². The highest BCUT2D eigenvalue weighted by atomic mass is 16.5. The van der Waals surface area contributed by atoms with E-state index >= 15 is 0 Å². The van der Waals surface area contributed by atoms with Crippen LogP contribution in [0.15, 0.2) is 22.5 Å². The maximum absolute atomic E-state index is 14.5. The lowest BCUT2D eigenvalue weighted by molar-refractivity contribution is -0.131. The molecule has 1 aromatic rings. The summed E-state index contributed by atoms with van der Waals surface area (Å²) < 4.78 is 21.3. The molecule has 62 heavy (non-hydrogen) atoms. The van der Waals surface area contributed by atoms with Gasteiger partial charge in [0.2, 0.25) is 5.78 Å². The van der Waals surface area contributed by atoms with Crippen LogP contribution in [0, 0.1) is 13.8 Å². The van der Waals surface area contributed by atoms with Gasteiger partial charge in [0, 0.05) is 28.7 Å². The van der Waals surface area contributed by atoms with Crippen molar-refractivity contribution in [1.82, 2.24) is 0 Å². The van der Waals surface area contributed by atoms with E-state index in [1.165, 1.54) is 196 Å². The van der Waals surface area contributed by atoms with Crippen LogP contribution in [0.4, 0.5) is 0 Å². The summed E-state index contributed by atoms with van der Waals surface area (Å²) in [5, 5.41) is 0. The van der Waals surface area contributed by atoms with Crippen LogP contribution >= 0.6 is 0 Å². The number of benzene rings is 1. The molecular weight excluding hydrogens is 761 g/mol. The zero-order valence-electron chi connectivity index (χ0n) is 42.1. The van der Waals surface area contributed by atoms with Crippen molar-refractivity contribution in [2.45, 2.75) is 303 Å². The van der Waals surface area contributed by atoms with Crippen molar-refractivity contribution in [2.24, 2.45) is 0 Å². The van der Waals surface area contributed by atoms with Crippen molar-refractivity contribution in [3.63, 3.8) is 0 Å². The minimum Gasteiger partial charge on any atom is -0.487 e. The van der Waals surface area contributed by atoms with Crippen LogP contribution in [0.25, 0.3) is 0 Å². The van der Waals surface area contributed by atoms with E-state index in [4.69, 9.17) is 14.2 Å². The van der Waals surface area contributed by atoms with Crippen molar-refractivity contribution in [3.8, 4) is 11.5 Å². The van der Waals surface area contributed by atoms with Gasteiger partial charge in [-0.25, -0.2) is 0 Å². The lowest BCUT2D eigenvalue weighted by Crippen LogP contribution is -2.54. The highest BCUT2D eigenvalue weighted by Crippen LogP contribution is 2.54. The molecule has 3 atom stereocenters. The molecule has 3 aliphatic heterocycles. The van der Waals surface area contributed by atoms with Crippen molar-refractivity contribution in [2.75, 3.05) is 0 Å². The molecule has 1 spiro atoms. The average molecular weight is 857 g/mol. The molecule has 4 heteroatoms. The second-order valence-corrected chi connectivity index (χ2v) is 21.5. The molecule has 4 nitrogen and oxygen atoms in total. The van der Waals surface area contributed by atoms with Crippen molar-refractivity contribution < 1.29 is 19.0 Å². The molecule has 352 valence electrons. The number of ketones is 1. The molecule has 0 saturated carbocycles. The molecule has 0 bridgehead atoms. The van der Waals surface area contributed by atoms with Crippen LogP contribution in [0.5, 0.6) is 11.5 Å². The van der Waals surface area contributed by atoms with Gasteiger partial charge in [-0.1, -0.05) is 181 Å². The number of unbranched alkanes of at least 4 members (excludes halogenated alkanes) is 26. The fraction of sp³-hybridized carbons (Fsp3) is 0.810. The molecule has 0 N–H and O–H groups in total. The summed E-state index contributed by atoms with van der Waals surface area (Å²) in [5.74, 6) is 3.14. The minimum absolute atomic E-state index is 0.121. The maximum Gasteiger partial charge on any atom is 0.206 e. The Kier molecular flexibility index (Phi) is 20.8. The van der Waals surface area contributed by atoms with Gasteiger partial charge >= 0.3 is 0 Å². The second-order valence-electron chi connectivity index (χ2n) is 21.5. The fourth-order valence-electron chi connectivity index (χ4n) is 11.5. The number of rotatable bonds is 30. The Morgan fingerprint density at radius 3 is 1.21 bits per heavy atom. The van der Waals surface area contributed by atoms with Crippen LogP contribution in [0.2, 0.25) is 0 Å². The first-order valence-corrected chi connectivity index (χ1v) is 27.2. The number of carbonyl (C=O) groups excluding carboxylic acids is 1. The van der Waals surface area contributed by atoms with E-state index in [1.807, 2.05) is 6.92 Å². The Labute approximate surface area is 383 Å². The smallest absolute Gasteiger partial charge is 0.206 e. The van der Waals surface area contributed by atoms with Crippen LogP contribution < -0.4 is 9.47 Å². The Morgan fingerprint density at radius 1 is 0.419 bits per heavy atom. The van der Waals surface area contributed by atoms with E-state index < -0.39 is 5.60 Å². The number of allylic oxidation sites excluding steroid dienone is 1. The number of Topliss-reactive ketones (excluding diaryl/α,β-unsaturated/α-hetero) is 1. The van der Waals surface area contributed by atoms with Gasteiger partial charge in [0.25, 0.3) is 0 Å². The number of hydrogen-bond donors (Lipinski definition) is 0. The molecular formula is C58H96O4. The van der Waals surface area contributed by atoms with Crippen molar-refractivity contribution in [3.05, 3.63) is 44.7 Å². The van der Waals surface area contributed by atoms with Gasteiger partial charge in [-0.2, -0.15) is 0 Å². The average Bonchev–Trinajstić information content (AvgIpc) is 3.27. The Morgan fingerprint density at radius 2 is 0.774 bits per heavy atom. The number of hydrogen-bond acceptors (Lipinski definition) is 4. The Hall–Kier alpha value is -2.23. The number of fused-ring (bicyclic) bond motifs is 4. The lowest BCUT2D eigenvalue weighted by Gasteiger charge is -2.49.